The molecule has 0 saturated heterocycles. The van der Waals surface area contributed by atoms with Gasteiger partial charge in [0.25, 0.3) is 0 Å². The normalized spacial score (nSPS) is 15.4. The second kappa shape index (κ2) is 10.8. The number of rotatable bonds is 9. The van der Waals surface area contributed by atoms with Crippen LogP contribution in [0.5, 0.6) is 0 Å². The lowest BCUT2D eigenvalue weighted by Gasteiger charge is -2.30. The summed E-state index contributed by atoms with van der Waals surface area (Å²) < 4.78 is 31.9. The van der Waals surface area contributed by atoms with Crippen LogP contribution in [0.1, 0.15) is 39.0 Å². The summed E-state index contributed by atoms with van der Waals surface area (Å²) in [6.45, 7) is 2.04. The summed E-state index contributed by atoms with van der Waals surface area (Å²) in [6, 6.07) is 6.23. The number of nitrogens with one attached hydrogen (secondary N) is 1. The zero-order chi connectivity index (χ0) is 20.6. The number of nitrogens with zero attached hydrogens (tertiary/aromatic N) is 1. The number of thioether (sulfide) groups is 1. The standard InChI is InChI=1S/C19H28N2O5S2/c1-3-26-19(23)14-27-13-18(22)20-15-9-11-17(12-10-15)28(24,25)21(2)16-7-5-4-6-8-16/h9-12,16H,3-8,13-14H2,1-2H3,(H,20,22). The van der Waals surface area contributed by atoms with Crippen molar-refractivity contribution in [3.63, 3.8) is 0 Å². The van der Waals surface area contributed by atoms with Crippen LogP contribution in [0.15, 0.2) is 29.2 Å². The number of sulfonamides is 1. The third kappa shape index (κ3) is 6.49. The first-order valence-corrected chi connectivity index (χ1v) is 12.1. The lowest BCUT2D eigenvalue weighted by molar-refractivity contribution is -0.139. The third-order valence-corrected chi connectivity index (χ3v) is 7.49. The van der Waals surface area contributed by atoms with Gasteiger partial charge in [-0.25, -0.2) is 8.42 Å². The van der Waals surface area contributed by atoms with Gasteiger partial charge in [-0.1, -0.05) is 19.3 Å². The summed E-state index contributed by atoms with van der Waals surface area (Å²) in [5.74, 6) is -0.379. The van der Waals surface area contributed by atoms with Crippen molar-refractivity contribution in [2.75, 3.05) is 30.5 Å². The van der Waals surface area contributed by atoms with E-state index in [0.717, 1.165) is 32.1 Å². The number of hydrogen-bond donors (Lipinski definition) is 1. The molecule has 0 spiro atoms. The molecule has 1 amide bonds. The van der Waals surface area contributed by atoms with Crippen molar-refractivity contribution in [3.8, 4) is 0 Å². The van der Waals surface area contributed by atoms with Crippen molar-refractivity contribution in [1.82, 2.24) is 4.31 Å². The van der Waals surface area contributed by atoms with Gasteiger partial charge >= 0.3 is 5.97 Å². The molecule has 1 fully saturated rings. The number of carbonyl (C=O) groups excluding carboxylic acids is 2. The minimum absolute atomic E-state index is 0.0505. The summed E-state index contributed by atoms with van der Waals surface area (Å²) in [5.41, 5.74) is 0.515. The highest BCUT2D eigenvalue weighted by Gasteiger charge is 2.28. The van der Waals surface area contributed by atoms with Crippen LogP contribution in [0.25, 0.3) is 0 Å². The fourth-order valence-electron chi connectivity index (χ4n) is 3.14. The first-order valence-electron chi connectivity index (χ1n) is 9.46. The molecular weight excluding hydrogens is 400 g/mol. The molecule has 0 aromatic heterocycles. The zero-order valence-corrected chi connectivity index (χ0v) is 18.0. The van der Waals surface area contributed by atoms with E-state index in [2.05, 4.69) is 5.32 Å². The van der Waals surface area contributed by atoms with Crippen molar-refractivity contribution >= 4 is 39.3 Å². The molecule has 7 nitrogen and oxygen atoms in total. The van der Waals surface area contributed by atoms with Crippen molar-refractivity contribution in [2.45, 2.75) is 50.0 Å². The SMILES string of the molecule is CCOC(=O)CSCC(=O)Nc1ccc(S(=O)(=O)N(C)C2CCCCC2)cc1. The fraction of sp³-hybridized carbons (Fsp3) is 0.579. The molecule has 0 unspecified atom stereocenters. The second-order valence-corrected chi connectivity index (χ2v) is 9.67. The van der Waals surface area contributed by atoms with Crippen molar-refractivity contribution in [1.29, 1.82) is 0 Å². The van der Waals surface area contributed by atoms with Crippen LogP contribution < -0.4 is 5.32 Å². The molecular formula is C19H28N2O5S2. The van der Waals surface area contributed by atoms with E-state index in [1.54, 1.807) is 26.1 Å². The van der Waals surface area contributed by atoms with Crippen LogP contribution in [0.4, 0.5) is 5.69 Å². The minimum Gasteiger partial charge on any atom is -0.465 e. The predicted molar refractivity (Wildman–Crippen MR) is 111 cm³/mol. The molecule has 0 heterocycles. The highest BCUT2D eigenvalue weighted by atomic mass is 32.2. The minimum atomic E-state index is -3.55. The van der Waals surface area contributed by atoms with E-state index in [1.165, 1.54) is 28.2 Å². The number of carbonyl (C=O) groups is 2. The van der Waals surface area contributed by atoms with Gasteiger partial charge in [0, 0.05) is 18.8 Å². The number of esters is 1. The molecule has 2 rings (SSSR count). The van der Waals surface area contributed by atoms with Gasteiger partial charge in [0.2, 0.25) is 15.9 Å². The van der Waals surface area contributed by atoms with Crippen molar-refractivity contribution in [2.24, 2.45) is 0 Å². The monoisotopic (exact) mass is 428 g/mol. The molecule has 0 aliphatic heterocycles. The van der Waals surface area contributed by atoms with Crippen LogP contribution in [0.2, 0.25) is 0 Å². The highest BCUT2D eigenvalue weighted by molar-refractivity contribution is 8.00. The average molecular weight is 429 g/mol. The Balaban J connectivity index is 1.89. The van der Waals surface area contributed by atoms with E-state index in [4.69, 9.17) is 4.74 Å². The van der Waals surface area contributed by atoms with Crippen LogP contribution in [-0.2, 0) is 24.3 Å². The van der Waals surface area contributed by atoms with Crippen molar-refractivity contribution < 1.29 is 22.7 Å². The number of hydrogen-bond acceptors (Lipinski definition) is 6. The maximum atomic E-state index is 12.8. The summed E-state index contributed by atoms with van der Waals surface area (Å²) in [6.07, 6.45) is 5.07. The lowest BCUT2D eigenvalue weighted by atomic mass is 9.96. The van der Waals surface area contributed by atoms with Crippen LogP contribution >= 0.6 is 11.8 Å². The van der Waals surface area contributed by atoms with E-state index in [-0.39, 0.29) is 34.3 Å². The Morgan fingerprint density at radius 1 is 1.14 bits per heavy atom. The molecule has 1 N–H and O–H groups in total. The molecule has 9 heteroatoms. The van der Waals surface area contributed by atoms with Gasteiger partial charge in [-0.3, -0.25) is 9.59 Å². The van der Waals surface area contributed by atoms with E-state index in [9.17, 15) is 18.0 Å². The van der Waals surface area contributed by atoms with Gasteiger partial charge in [0.1, 0.15) is 0 Å². The molecule has 0 radical (unpaired) electrons. The number of amides is 1. The Hall–Kier alpha value is -1.58. The lowest BCUT2D eigenvalue weighted by Crippen LogP contribution is -2.38. The van der Waals surface area contributed by atoms with E-state index < -0.39 is 10.0 Å². The number of ether oxygens (including phenoxy) is 1. The van der Waals surface area contributed by atoms with Gasteiger partial charge in [-0.15, -0.1) is 11.8 Å². The maximum absolute atomic E-state index is 12.8. The Bertz CT molecular complexity index is 759. The fourth-order valence-corrected chi connectivity index (χ4v) is 5.17. The molecule has 1 aromatic carbocycles. The Labute approximate surface area is 171 Å². The largest absolute Gasteiger partial charge is 0.465 e. The maximum Gasteiger partial charge on any atom is 0.315 e. The summed E-state index contributed by atoms with van der Waals surface area (Å²) in [5, 5.41) is 2.70. The zero-order valence-electron chi connectivity index (χ0n) is 16.3. The smallest absolute Gasteiger partial charge is 0.315 e. The summed E-state index contributed by atoms with van der Waals surface area (Å²) in [4.78, 5) is 23.4. The molecule has 0 bridgehead atoms. The predicted octanol–water partition coefficient (Wildman–Crippen LogP) is 2.87. The first-order chi connectivity index (χ1) is 13.3. The van der Waals surface area contributed by atoms with Crippen LogP contribution in [0, 0.1) is 0 Å². The van der Waals surface area contributed by atoms with Gasteiger partial charge in [0.15, 0.2) is 0 Å². The Morgan fingerprint density at radius 2 is 1.79 bits per heavy atom. The number of benzene rings is 1. The highest BCUT2D eigenvalue weighted by Crippen LogP contribution is 2.27. The molecule has 1 aromatic rings. The summed E-state index contributed by atoms with van der Waals surface area (Å²) in [7, 11) is -1.91. The average Bonchev–Trinajstić information content (AvgIpc) is 2.68. The Morgan fingerprint density at radius 3 is 2.39 bits per heavy atom. The van der Waals surface area contributed by atoms with Crippen LogP contribution in [-0.4, -0.2) is 55.8 Å². The topological polar surface area (TPSA) is 92.8 Å². The molecule has 0 atom stereocenters. The summed E-state index contributed by atoms with van der Waals surface area (Å²) >= 11 is 1.17. The van der Waals surface area contributed by atoms with E-state index in [0.29, 0.717) is 12.3 Å². The molecule has 1 saturated carbocycles. The third-order valence-electron chi connectivity index (χ3n) is 4.66. The molecule has 156 valence electrons. The van der Waals surface area contributed by atoms with Crippen molar-refractivity contribution in [3.05, 3.63) is 24.3 Å². The molecule has 28 heavy (non-hydrogen) atoms. The second-order valence-electron chi connectivity index (χ2n) is 6.68. The Kier molecular flexibility index (Phi) is 8.78. The quantitative estimate of drug-likeness (QED) is 0.608. The van der Waals surface area contributed by atoms with Gasteiger partial charge in [-0.05, 0) is 44.0 Å². The van der Waals surface area contributed by atoms with E-state index >= 15 is 0 Å². The van der Waals surface area contributed by atoms with E-state index in [1.807, 2.05) is 0 Å². The van der Waals surface area contributed by atoms with Gasteiger partial charge in [-0.2, -0.15) is 4.31 Å². The van der Waals surface area contributed by atoms with Crippen LogP contribution in [0.3, 0.4) is 0 Å². The molecule has 1 aliphatic carbocycles. The van der Waals surface area contributed by atoms with Gasteiger partial charge in [0.05, 0.1) is 23.0 Å². The van der Waals surface area contributed by atoms with Gasteiger partial charge < -0.3 is 10.1 Å². The molecule has 1 aliphatic rings. The first kappa shape index (κ1) is 22.7. The number of anilines is 1.